The molecule has 6 heteroatoms. The Morgan fingerprint density at radius 1 is 1.50 bits per heavy atom. The van der Waals surface area contributed by atoms with Crippen LogP contribution in [0.2, 0.25) is 0 Å². The molecule has 1 aliphatic rings. The van der Waals surface area contributed by atoms with Crippen molar-refractivity contribution in [1.29, 1.82) is 0 Å². The van der Waals surface area contributed by atoms with E-state index in [0.717, 1.165) is 38.3 Å². The molecule has 6 nitrogen and oxygen atoms in total. The second-order valence-electron chi connectivity index (χ2n) is 5.13. The number of anilines is 2. The molecule has 0 aliphatic carbocycles. The molecule has 106 valence electrons. The van der Waals surface area contributed by atoms with Gasteiger partial charge in [0.05, 0.1) is 28.6 Å². The van der Waals surface area contributed by atoms with E-state index in [2.05, 4.69) is 15.3 Å². The van der Waals surface area contributed by atoms with Crippen molar-refractivity contribution in [3.63, 3.8) is 0 Å². The van der Waals surface area contributed by atoms with Crippen LogP contribution < -0.4 is 16.6 Å². The van der Waals surface area contributed by atoms with Gasteiger partial charge < -0.3 is 20.8 Å². The summed E-state index contributed by atoms with van der Waals surface area (Å²) in [6.45, 7) is 2.56. The fraction of sp³-hybridized carbons (Fsp3) is 0.429. The molecule has 0 saturated carbocycles. The minimum Gasteiger partial charge on any atom is -0.397 e. The zero-order chi connectivity index (χ0) is 13.9. The number of benzene rings is 1. The van der Waals surface area contributed by atoms with E-state index in [-0.39, 0.29) is 5.56 Å². The van der Waals surface area contributed by atoms with E-state index < -0.39 is 0 Å². The highest BCUT2D eigenvalue weighted by Gasteiger charge is 2.15. The van der Waals surface area contributed by atoms with Gasteiger partial charge in [-0.15, -0.1) is 0 Å². The predicted octanol–water partition coefficient (Wildman–Crippen LogP) is 1.34. The lowest BCUT2D eigenvalue weighted by Gasteiger charge is -2.12. The van der Waals surface area contributed by atoms with Crippen LogP contribution in [0.3, 0.4) is 0 Å². The molecule has 20 heavy (non-hydrogen) atoms. The molecule has 0 bridgehead atoms. The molecule has 1 fully saturated rings. The van der Waals surface area contributed by atoms with Gasteiger partial charge in [-0.1, -0.05) is 0 Å². The number of hydrogen-bond donors (Lipinski definition) is 3. The molecule has 1 unspecified atom stereocenters. The van der Waals surface area contributed by atoms with Gasteiger partial charge in [0.15, 0.2) is 0 Å². The summed E-state index contributed by atoms with van der Waals surface area (Å²) >= 11 is 0. The summed E-state index contributed by atoms with van der Waals surface area (Å²) in [6.07, 6.45) is 3.59. The molecule has 1 aromatic carbocycles. The Labute approximate surface area is 116 Å². The highest BCUT2D eigenvalue weighted by Crippen LogP contribution is 2.23. The third-order valence-electron chi connectivity index (χ3n) is 3.70. The van der Waals surface area contributed by atoms with Gasteiger partial charge in [0.25, 0.3) is 5.56 Å². The van der Waals surface area contributed by atoms with Crippen LogP contribution in [0, 0.1) is 5.92 Å². The maximum absolute atomic E-state index is 11.6. The Hall–Kier alpha value is -2.08. The van der Waals surface area contributed by atoms with Gasteiger partial charge in [0, 0.05) is 19.8 Å². The Morgan fingerprint density at radius 2 is 2.40 bits per heavy atom. The first-order valence-electron chi connectivity index (χ1n) is 6.82. The average Bonchev–Trinajstić information content (AvgIpc) is 2.94. The van der Waals surface area contributed by atoms with Gasteiger partial charge in [-0.25, -0.2) is 4.98 Å². The lowest BCUT2D eigenvalue weighted by molar-refractivity contribution is 0.185. The first-order chi connectivity index (χ1) is 9.74. The Balaban J connectivity index is 1.74. The summed E-state index contributed by atoms with van der Waals surface area (Å²) in [5.41, 5.74) is 7.86. The van der Waals surface area contributed by atoms with Gasteiger partial charge in [-0.05, 0) is 30.9 Å². The van der Waals surface area contributed by atoms with E-state index in [9.17, 15) is 4.79 Å². The number of nitrogens with zero attached hydrogens (tertiary/aromatic N) is 1. The molecule has 4 N–H and O–H groups in total. The standard InChI is InChI=1S/C14H18N4O2/c15-11-5-10-12(17-8-18-14(10)19)6-13(11)16-3-1-9-2-4-20-7-9/h5-6,8-9,16H,1-4,7,15H2,(H,17,18,19). The monoisotopic (exact) mass is 274 g/mol. The minimum absolute atomic E-state index is 0.170. The summed E-state index contributed by atoms with van der Waals surface area (Å²) in [4.78, 5) is 18.3. The Bertz CT molecular complexity index is 662. The zero-order valence-corrected chi connectivity index (χ0v) is 11.2. The third-order valence-corrected chi connectivity index (χ3v) is 3.70. The topological polar surface area (TPSA) is 93.0 Å². The molecule has 0 radical (unpaired) electrons. The normalized spacial score (nSPS) is 18.5. The number of nitrogen functional groups attached to an aromatic ring is 1. The van der Waals surface area contributed by atoms with Crippen LogP contribution in [0.25, 0.3) is 10.9 Å². The second kappa shape index (κ2) is 5.50. The smallest absolute Gasteiger partial charge is 0.258 e. The van der Waals surface area contributed by atoms with Gasteiger partial charge in [-0.3, -0.25) is 4.79 Å². The lowest BCUT2D eigenvalue weighted by Crippen LogP contribution is -2.11. The Morgan fingerprint density at radius 3 is 3.20 bits per heavy atom. The van der Waals surface area contributed by atoms with Crippen LogP contribution in [-0.2, 0) is 4.74 Å². The number of nitrogens with one attached hydrogen (secondary N) is 2. The van der Waals surface area contributed by atoms with Crippen molar-refractivity contribution in [2.75, 3.05) is 30.8 Å². The van der Waals surface area contributed by atoms with Crippen molar-refractivity contribution in [3.8, 4) is 0 Å². The average molecular weight is 274 g/mol. The van der Waals surface area contributed by atoms with Gasteiger partial charge in [-0.2, -0.15) is 0 Å². The molecular formula is C14H18N4O2. The summed E-state index contributed by atoms with van der Waals surface area (Å²) in [7, 11) is 0. The highest BCUT2D eigenvalue weighted by atomic mass is 16.5. The molecule has 1 aliphatic heterocycles. The number of aromatic amines is 1. The van der Waals surface area contributed by atoms with Crippen molar-refractivity contribution in [2.24, 2.45) is 5.92 Å². The van der Waals surface area contributed by atoms with Gasteiger partial charge >= 0.3 is 0 Å². The zero-order valence-electron chi connectivity index (χ0n) is 11.2. The van der Waals surface area contributed by atoms with E-state index in [1.165, 1.54) is 6.33 Å². The number of aromatic nitrogens is 2. The lowest BCUT2D eigenvalue weighted by atomic mass is 10.1. The summed E-state index contributed by atoms with van der Waals surface area (Å²) < 4.78 is 5.35. The molecular weight excluding hydrogens is 256 g/mol. The van der Waals surface area contributed by atoms with Gasteiger partial charge in [0.1, 0.15) is 0 Å². The van der Waals surface area contributed by atoms with E-state index >= 15 is 0 Å². The number of hydrogen-bond acceptors (Lipinski definition) is 5. The maximum Gasteiger partial charge on any atom is 0.258 e. The predicted molar refractivity (Wildman–Crippen MR) is 78.8 cm³/mol. The first kappa shape index (κ1) is 12.9. The summed E-state index contributed by atoms with van der Waals surface area (Å²) in [5.74, 6) is 0.630. The molecule has 2 aromatic rings. The molecule has 1 atom stereocenters. The van der Waals surface area contributed by atoms with Crippen LogP contribution in [0.15, 0.2) is 23.3 Å². The maximum atomic E-state index is 11.6. The van der Waals surface area contributed by atoms with Gasteiger partial charge in [0.2, 0.25) is 0 Å². The van der Waals surface area contributed by atoms with E-state index in [1.807, 2.05) is 6.07 Å². The van der Waals surface area contributed by atoms with Crippen LogP contribution in [0.4, 0.5) is 11.4 Å². The number of rotatable bonds is 4. The molecule has 2 heterocycles. The van der Waals surface area contributed by atoms with E-state index in [1.54, 1.807) is 6.07 Å². The van der Waals surface area contributed by atoms with Crippen LogP contribution >= 0.6 is 0 Å². The number of ether oxygens (including phenoxy) is 1. The van der Waals surface area contributed by atoms with E-state index in [0.29, 0.717) is 22.5 Å². The fourth-order valence-corrected chi connectivity index (χ4v) is 2.51. The SMILES string of the molecule is Nc1cc2c(=O)[nH]cnc2cc1NCCC1CCOC1. The number of fused-ring (bicyclic) bond motifs is 1. The third kappa shape index (κ3) is 2.60. The summed E-state index contributed by atoms with van der Waals surface area (Å²) in [5, 5.41) is 3.83. The van der Waals surface area contributed by atoms with Crippen molar-refractivity contribution in [3.05, 3.63) is 28.8 Å². The molecule has 0 spiro atoms. The van der Waals surface area contributed by atoms with E-state index in [4.69, 9.17) is 10.5 Å². The van der Waals surface area contributed by atoms with Crippen LogP contribution in [0.5, 0.6) is 0 Å². The largest absolute Gasteiger partial charge is 0.397 e. The van der Waals surface area contributed by atoms with Crippen molar-refractivity contribution in [1.82, 2.24) is 9.97 Å². The summed E-state index contributed by atoms with van der Waals surface area (Å²) in [6, 6.07) is 3.49. The molecule has 1 aromatic heterocycles. The fourth-order valence-electron chi connectivity index (χ4n) is 2.51. The van der Waals surface area contributed by atoms with Crippen molar-refractivity contribution < 1.29 is 4.74 Å². The quantitative estimate of drug-likeness (QED) is 0.732. The van der Waals surface area contributed by atoms with Crippen molar-refractivity contribution >= 4 is 22.3 Å². The number of H-pyrrole nitrogens is 1. The van der Waals surface area contributed by atoms with Crippen LogP contribution in [0.1, 0.15) is 12.8 Å². The minimum atomic E-state index is -0.170. The highest BCUT2D eigenvalue weighted by molar-refractivity contribution is 5.88. The molecule has 1 saturated heterocycles. The molecule has 0 amide bonds. The van der Waals surface area contributed by atoms with Crippen LogP contribution in [-0.4, -0.2) is 29.7 Å². The second-order valence-corrected chi connectivity index (χ2v) is 5.13. The Kier molecular flexibility index (Phi) is 3.56. The number of nitrogens with two attached hydrogens (primary N) is 1. The van der Waals surface area contributed by atoms with Crippen molar-refractivity contribution in [2.45, 2.75) is 12.8 Å². The molecule has 3 rings (SSSR count). The first-order valence-corrected chi connectivity index (χ1v) is 6.82.